The second kappa shape index (κ2) is 40.4. The van der Waals surface area contributed by atoms with Crippen LogP contribution in [0, 0.1) is 0 Å². The molecule has 0 saturated heterocycles. The van der Waals surface area contributed by atoms with Crippen LogP contribution in [0.4, 0.5) is 0 Å². The molecule has 0 bridgehead atoms. The highest BCUT2D eigenvalue weighted by molar-refractivity contribution is 4.84. The molecule has 0 spiro atoms. The normalized spacial score (nSPS) is 11.7. The average Bonchev–Trinajstić information content (AvgIpc) is 3.53. The lowest BCUT2D eigenvalue weighted by molar-refractivity contribution is -0.704. The van der Waals surface area contributed by atoms with Crippen LogP contribution < -0.4 is 4.57 Å². The molecular weight excluding hydrogens is 617 g/mol. The average molecular weight is 714 g/mol. The molecule has 2 nitrogen and oxygen atoms in total. The Morgan fingerprint density at radius 2 is 0.608 bits per heavy atom. The van der Waals surface area contributed by atoms with Gasteiger partial charge in [-0.15, -0.1) is 0 Å². The molecule has 0 radical (unpaired) electrons. The number of unbranched alkanes of at least 4 members (excludes halogenated alkanes) is 37. The molecule has 0 N–H and O–H groups in total. The van der Waals surface area contributed by atoms with Gasteiger partial charge in [-0.3, -0.25) is 0 Å². The van der Waals surface area contributed by atoms with Crippen molar-refractivity contribution in [2.75, 3.05) is 0 Å². The first-order valence-electron chi connectivity index (χ1n) is 24.4. The highest BCUT2D eigenvalue weighted by Gasteiger charge is 2.16. The molecule has 0 aromatic carbocycles. The van der Waals surface area contributed by atoms with E-state index in [0.29, 0.717) is 0 Å². The van der Waals surface area contributed by atoms with E-state index in [0.717, 1.165) is 0 Å². The van der Waals surface area contributed by atoms with E-state index in [1.54, 1.807) is 5.82 Å². The third-order valence-corrected chi connectivity index (χ3v) is 11.8. The first-order chi connectivity index (χ1) is 25.3. The number of hydrogen-bond donors (Lipinski definition) is 0. The molecule has 1 aromatic rings. The highest BCUT2D eigenvalue weighted by Crippen LogP contribution is 2.17. The second-order valence-electron chi connectivity index (χ2n) is 16.9. The standard InChI is InChI=1S/C49H97N2/c1-4-7-10-13-16-19-22-24-26-28-30-33-36-39-42-45-50-47-48-51(49(50)44-41-38-35-32-21-18-15-12-9-6-3)46-43-40-37-34-31-29-27-25-23-20-17-14-11-8-5-2/h47-48H,4-46H2,1-3H3/q+1. The van der Waals surface area contributed by atoms with Crippen LogP contribution in [0.25, 0.3) is 0 Å². The van der Waals surface area contributed by atoms with Gasteiger partial charge in [0.2, 0.25) is 0 Å². The van der Waals surface area contributed by atoms with E-state index in [1.807, 2.05) is 0 Å². The summed E-state index contributed by atoms with van der Waals surface area (Å²) in [5.74, 6) is 1.63. The fraction of sp³-hybridized carbons (Fsp3) is 0.939. The molecule has 51 heavy (non-hydrogen) atoms. The van der Waals surface area contributed by atoms with Gasteiger partial charge in [0, 0.05) is 6.42 Å². The van der Waals surface area contributed by atoms with Crippen molar-refractivity contribution in [3.8, 4) is 0 Å². The maximum atomic E-state index is 2.65. The van der Waals surface area contributed by atoms with Gasteiger partial charge in [-0.05, 0) is 32.1 Å². The molecule has 0 atom stereocenters. The molecule has 1 heterocycles. The summed E-state index contributed by atoms with van der Waals surface area (Å²) in [4.78, 5) is 0. The van der Waals surface area contributed by atoms with Crippen LogP contribution in [-0.2, 0) is 19.5 Å². The van der Waals surface area contributed by atoms with E-state index >= 15 is 0 Å². The van der Waals surface area contributed by atoms with Crippen LogP contribution in [0.1, 0.15) is 283 Å². The van der Waals surface area contributed by atoms with Crippen molar-refractivity contribution in [2.45, 2.75) is 297 Å². The summed E-state index contributed by atoms with van der Waals surface area (Å²) >= 11 is 0. The second-order valence-corrected chi connectivity index (χ2v) is 16.9. The number of aromatic nitrogens is 2. The summed E-state index contributed by atoms with van der Waals surface area (Å²) in [6, 6.07) is 0. The first-order valence-corrected chi connectivity index (χ1v) is 24.4. The minimum absolute atomic E-state index is 1.23. The third-order valence-electron chi connectivity index (χ3n) is 11.8. The zero-order chi connectivity index (χ0) is 36.6. The van der Waals surface area contributed by atoms with Crippen molar-refractivity contribution < 1.29 is 4.57 Å². The number of aryl methyl sites for hydroxylation is 2. The summed E-state index contributed by atoms with van der Waals surface area (Å²) in [7, 11) is 0. The predicted octanol–water partition coefficient (Wildman–Crippen LogP) is 17.0. The molecule has 1 rings (SSSR count). The first kappa shape index (κ1) is 48.2. The van der Waals surface area contributed by atoms with Gasteiger partial charge < -0.3 is 0 Å². The number of nitrogens with zero attached hydrogens (tertiary/aromatic N) is 2. The van der Waals surface area contributed by atoms with Crippen LogP contribution >= 0.6 is 0 Å². The molecule has 0 unspecified atom stereocenters. The predicted molar refractivity (Wildman–Crippen MR) is 230 cm³/mol. The number of imidazole rings is 1. The van der Waals surface area contributed by atoms with Crippen molar-refractivity contribution >= 4 is 0 Å². The molecule has 2 heteroatoms. The van der Waals surface area contributed by atoms with Crippen molar-refractivity contribution in [1.82, 2.24) is 4.57 Å². The van der Waals surface area contributed by atoms with Gasteiger partial charge in [0.15, 0.2) is 0 Å². The zero-order valence-electron chi connectivity index (χ0n) is 36.0. The van der Waals surface area contributed by atoms with Gasteiger partial charge in [-0.2, -0.15) is 0 Å². The van der Waals surface area contributed by atoms with Crippen LogP contribution in [0.15, 0.2) is 12.4 Å². The molecule has 0 amide bonds. The van der Waals surface area contributed by atoms with E-state index in [-0.39, 0.29) is 0 Å². The van der Waals surface area contributed by atoms with Gasteiger partial charge in [0.25, 0.3) is 5.82 Å². The van der Waals surface area contributed by atoms with Gasteiger partial charge in [0.05, 0.1) is 13.1 Å². The van der Waals surface area contributed by atoms with Crippen molar-refractivity contribution in [3.05, 3.63) is 18.2 Å². The Kier molecular flexibility index (Phi) is 38.2. The van der Waals surface area contributed by atoms with Crippen LogP contribution in [0.5, 0.6) is 0 Å². The van der Waals surface area contributed by atoms with Gasteiger partial charge in [-0.25, -0.2) is 9.13 Å². The van der Waals surface area contributed by atoms with E-state index in [1.165, 1.54) is 276 Å². The summed E-state index contributed by atoms with van der Waals surface area (Å²) in [5, 5.41) is 0. The Labute approximate surface area is 323 Å². The van der Waals surface area contributed by atoms with Crippen molar-refractivity contribution in [3.63, 3.8) is 0 Å². The lowest BCUT2D eigenvalue weighted by atomic mass is 10.0. The lowest BCUT2D eigenvalue weighted by Crippen LogP contribution is -2.37. The summed E-state index contributed by atoms with van der Waals surface area (Å²) < 4.78 is 5.31. The Morgan fingerprint density at radius 3 is 0.941 bits per heavy atom. The minimum atomic E-state index is 1.23. The number of hydrogen-bond acceptors (Lipinski definition) is 0. The van der Waals surface area contributed by atoms with Gasteiger partial charge in [-0.1, -0.05) is 245 Å². The zero-order valence-corrected chi connectivity index (χ0v) is 36.0. The Morgan fingerprint density at radius 1 is 0.333 bits per heavy atom. The Bertz CT molecular complexity index is 730. The molecule has 0 aliphatic heterocycles. The maximum absolute atomic E-state index is 2.65. The molecule has 0 aliphatic carbocycles. The van der Waals surface area contributed by atoms with Crippen LogP contribution in [0.3, 0.4) is 0 Å². The molecule has 0 aliphatic rings. The molecule has 302 valence electrons. The summed E-state index contributed by atoms with van der Waals surface area (Å²) in [5.41, 5.74) is 0. The Balaban J connectivity index is 2.24. The van der Waals surface area contributed by atoms with Crippen molar-refractivity contribution in [1.29, 1.82) is 0 Å². The van der Waals surface area contributed by atoms with E-state index < -0.39 is 0 Å². The molecular formula is C49H97N2+. The molecule has 0 saturated carbocycles. The SMILES string of the molecule is CCCCCCCCCCCCCCCCCn1cc[n+](CCCCCCCCCCCCCCCCC)c1CCCCCCCCCCCC. The number of rotatable bonds is 43. The fourth-order valence-corrected chi connectivity index (χ4v) is 8.27. The summed E-state index contributed by atoms with van der Waals surface area (Å²) in [6.45, 7) is 9.42. The van der Waals surface area contributed by atoms with E-state index in [9.17, 15) is 0 Å². The maximum Gasteiger partial charge on any atom is 0.256 e. The van der Waals surface area contributed by atoms with E-state index in [4.69, 9.17) is 0 Å². The minimum Gasteiger partial charge on any atom is -0.234 e. The summed E-state index contributed by atoms with van der Waals surface area (Å²) in [6.07, 6.45) is 63.8. The van der Waals surface area contributed by atoms with Gasteiger partial charge >= 0.3 is 0 Å². The largest absolute Gasteiger partial charge is 0.256 e. The quantitative estimate of drug-likeness (QED) is 0.0471. The molecule has 1 aromatic heterocycles. The fourth-order valence-electron chi connectivity index (χ4n) is 8.27. The van der Waals surface area contributed by atoms with Crippen LogP contribution in [-0.4, -0.2) is 4.57 Å². The molecule has 0 fully saturated rings. The third kappa shape index (κ3) is 32.4. The van der Waals surface area contributed by atoms with Crippen LogP contribution in [0.2, 0.25) is 0 Å². The topological polar surface area (TPSA) is 8.81 Å². The lowest BCUT2D eigenvalue weighted by Gasteiger charge is -2.07. The van der Waals surface area contributed by atoms with E-state index in [2.05, 4.69) is 42.3 Å². The van der Waals surface area contributed by atoms with Gasteiger partial charge in [0.1, 0.15) is 12.4 Å². The smallest absolute Gasteiger partial charge is 0.234 e. The monoisotopic (exact) mass is 714 g/mol. The van der Waals surface area contributed by atoms with Crippen molar-refractivity contribution in [2.24, 2.45) is 0 Å². The highest BCUT2D eigenvalue weighted by atomic mass is 15.1. The Hall–Kier alpha value is -0.790.